The van der Waals surface area contributed by atoms with Crippen LogP contribution in [-0.2, 0) is 4.79 Å². The van der Waals surface area contributed by atoms with Gasteiger partial charge in [-0.05, 0) is 32.7 Å². The number of rotatable bonds is 8. The van der Waals surface area contributed by atoms with Crippen LogP contribution in [0, 0.1) is 0 Å². The number of amides is 1. The standard InChI is InChI=1S/C20H40N6O.HI/c1-4-19-8-6-7-11-26(19)13-10-23-20(21-5-2)22-9-12-24-14-16-25(17-15-24)18(3)27;/h19H,4-17H2,1-3H3,(H2,21,22,23);1H. The van der Waals surface area contributed by atoms with Crippen molar-refractivity contribution in [3.8, 4) is 0 Å². The van der Waals surface area contributed by atoms with Crippen molar-refractivity contribution in [3.63, 3.8) is 0 Å². The van der Waals surface area contributed by atoms with E-state index in [9.17, 15) is 4.79 Å². The first-order valence-electron chi connectivity index (χ1n) is 10.9. The van der Waals surface area contributed by atoms with E-state index in [-0.39, 0.29) is 29.9 Å². The Morgan fingerprint density at radius 3 is 2.43 bits per heavy atom. The Morgan fingerprint density at radius 1 is 1.04 bits per heavy atom. The second-order valence-corrected chi connectivity index (χ2v) is 7.63. The van der Waals surface area contributed by atoms with Gasteiger partial charge in [-0.2, -0.15) is 0 Å². The number of nitrogens with one attached hydrogen (secondary N) is 2. The molecule has 0 aromatic carbocycles. The predicted octanol–water partition coefficient (Wildman–Crippen LogP) is 1.59. The Morgan fingerprint density at radius 2 is 1.79 bits per heavy atom. The molecule has 2 N–H and O–H groups in total. The highest BCUT2D eigenvalue weighted by atomic mass is 127. The molecule has 2 heterocycles. The average molecular weight is 508 g/mol. The SMILES string of the molecule is CCNC(=NCCN1CCCCC1CC)NCCN1CCN(C(C)=O)CC1.I. The summed E-state index contributed by atoms with van der Waals surface area (Å²) in [5.74, 6) is 1.11. The largest absolute Gasteiger partial charge is 0.357 e. The predicted molar refractivity (Wildman–Crippen MR) is 128 cm³/mol. The Bertz CT molecular complexity index is 468. The van der Waals surface area contributed by atoms with Crippen molar-refractivity contribution in [1.82, 2.24) is 25.3 Å². The van der Waals surface area contributed by atoms with Gasteiger partial charge in [-0.25, -0.2) is 0 Å². The first-order chi connectivity index (χ1) is 13.1. The van der Waals surface area contributed by atoms with Crippen molar-refractivity contribution in [3.05, 3.63) is 0 Å². The number of nitrogens with zero attached hydrogens (tertiary/aromatic N) is 4. The van der Waals surface area contributed by atoms with Gasteiger partial charge < -0.3 is 15.5 Å². The van der Waals surface area contributed by atoms with Crippen LogP contribution >= 0.6 is 24.0 Å². The van der Waals surface area contributed by atoms with Crippen molar-refractivity contribution in [1.29, 1.82) is 0 Å². The molecule has 8 heteroatoms. The minimum atomic E-state index is 0. The molecule has 2 aliphatic rings. The molecule has 0 aromatic heterocycles. The normalized spacial score (nSPS) is 21.9. The van der Waals surface area contributed by atoms with Gasteiger partial charge in [0.25, 0.3) is 0 Å². The van der Waals surface area contributed by atoms with Gasteiger partial charge in [-0.3, -0.25) is 19.6 Å². The number of hydrogen-bond acceptors (Lipinski definition) is 4. The van der Waals surface area contributed by atoms with Crippen molar-refractivity contribution < 1.29 is 4.79 Å². The van der Waals surface area contributed by atoms with Crippen molar-refractivity contribution in [2.45, 2.75) is 52.5 Å². The second kappa shape index (κ2) is 14.4. The first kappa shape index (κ1) is 25.4. The van der Waals surface area contributed by atoms with Gasteiger partial charge in [-0.1, -0.05) is 13.3 Å². The molecule has 1 unspecified atom stereocenters. The zero-order valence-electron chi connectivity index (χ0n) is 18.1. The van der Waals surface area contributed by atoms with Crippen molar-refractivity contribution >= 4 is 35.8 Å². The molecular weight excluding hydrogens is 467 g/mol. The lowest BCUT2D eigenvalue weighted by atomic mass is 10.0. The highest BCUT2D eigenvalue weighted by Gasteiger charge is 2.20. The zero-order chi connectivity index (χ0) is 19.5. The minimum absolute atomic E-state index is 0. The molecule has 164 valence electrons. The number of guanidine groups is 1. The van der Waals surface area contributed by atoms with E-state index in [0.29, 0.717) is 0 Å². The molecule has 1 amide bonds. The fourth-order valence-corrected chi connectivity index (χ4v) is 4.07. The van der Waals surface area contributed by atoms with Crippen molar-refractivity contribution in [2.75, 3.05) is 65.4 Å². The second-order valence-electron chi connectivity index (χ2n) is 7.63. The summed E-state index contributed by atoms with van der Waals surface area (Å²) in [6.07, 6.45) is 5.30. The van der Waals surface area contributed by atoms with Gasteiger partial charge >= 0.3 is 0 Å². The molecule has 0 radical (unpaired) electrons. The summed E-state index contributed by atoms with van der Waals surface area (Å²) < 4.78 is 0. The number of aliphatic imine (C=N–C) groups is 1. The van der Waals surface area contributed by atoms with E-state index in [1.54, 1.807) is 6.92 Å². The first-order valence-corrected chi connectivity index (χ1v) is 10.9. The van der Waals surface area contributed by atoms with Crippen LogP contribution in [0.4, 0.5) is 0 Å². The van der Waals surface area contributed by atoms with Crippen LogP contribution in [0.15, 0.2) is 4.99 Å². The number of halogens is 1. The Kier molecular flexibility index (Phi) is 13.1. The maximum Gasteiger partial charge on any atom is 0.219 e. The topological polar surface area (TPSA) is 63.2 Å². The number of piperidine rings is 1. The third-order valence-electron chi connectivity index (χ3n) is 5.76. The van der Waals surface area contributed by atoms with Gasteiger partial charge in [-0.15, -0.1) is 24.0 Å². The zero-order valence-corrected chi connectivity index (χ0v) is 20.4. The van der Waals surface area contributed by atoms with Gasteiger partial charge in [0, 0.05) is 65.3 Å². The van der Waals surface area contributed by atoms with E-state index in [0.717, 1.165) is 70.9 Å². The molecule has 0 saturated carbocycles. The lowest BCUT2D eigenvalue weighted by Gasteiger charge is -2.34. The van der Waals surface area contributed by atoms with E-state index in [1.165, 1.54) is 32.2 Å². The molecule has 0 bridgehead atoms. The number of hydrogen-bond donors (Lipinski definition) is 2. The van der Waals surface area contributed by atoms with Gasteiger partial charge in [0.05, 0.1) is 6.54 Å². The van der Waals surface area contributed by atoms with Crippen LogP contribution in [0.25, 0.3) is 0 Å². The lowest BCUT2D eigenvalue weighted by Crippen LogP contribution is -2.50. The van der Waals surface area contributed by atoms with Crippen LogP contribution < -0.4 is 10.6 Å². The van der Waals surface area contributed by atoms with E-state index in [2.05, 4.69) is 34.3 Å². The van der Waals surface area contributed by atoms with Crippen molar-refractivity contribution in [2.24, 2.45) is 4.99 Å². The average Bonchev–Trinajstić information content (AvgIpc) is 2.68. The summed E-state index contributed by atoms with van der Waals surface area (Å²) in [5.41, 5.74) is 0. The summed E-state index contributed by atoms with van der Waals surface area (Å²) in [5, 5.41) is 6.82. The molecule has 2 fully saturated rings. The molecule has 1 atom stereocenters. The van der Waals surface area contributed by atoms with E-state index in [1.807, 2.05) is 4.90 Å². The number of piperazine rings is 1. The highest BCUT2D eigenvalue weighted by molar-refractivity contribution is 14.0. The van der Waals surface area contributed by atoms with Crippen LogP contribution in [-0.4, -0.2) is 98.1 Å². The molecule has 2 aliphatic heterocycles. The summed E-state index contributed by atoms with van der Waals surface area (Å²) in [6, 6.07) is 0.748. The monoisotopic (exact) mass is 508 g/mol. The summed E-state index contributed by atoms with van der Waals surface area (Å²) in [6.45, 7) is 15.6. The molecular formula is C20H41IN6O. The van der Waals surface area contributed by atoms with Gasteiger partial charge in [0.15, 0.2) is 5.96 Å². The molecule has 0 spiro atoms. The Labute approximate surface area is 188 Å². The molecule has 7 nitrogen and oxygen atoms in total. The summed E-state index contributed by atoms with van der Waals surface area (Å²) >= 11 is 0. The third-order valence-corrected chi connectivity index (χ3v) is 5.76. The van der Waals surface area contributed by atoms with E-state index >= 15 is 0 Å². The minimum Gasteiger partial charge on any atom is -0.357 e. The molecule has 2 rings (SSSR count). The van der Waals surface area contributed by atoms with E-state index < -0.39 is 0 Å². The Hall–Kier alpha value is -0.610. The molecule has 2 saturated heterocycles. The fourth-order valence-electron chi connectivity index (χ4n) is 4.07. The van der Waals surface area contributed by atoms with Gasteiger partial charge in [0.2, 0.25) is 5.91 Å². The molecule has 0 aliphatic carbocycles. The highest BCUT2D eigenvalue weighted by Crippen LogP contribution is 2.18. The smallest absolute Gasteiger partial charge is 0.219 e. The molecule has 28 heavy (non-hydrogen) atoms. The fraction of sp³-hybridized carbons (Fsp3) is 0.900. The summed E-state index contributed by atoms with van der Waals surface area (Å²) in [7, 11) is 0. The Balaban J connectivity index is 0.00000392. The van der Waals surface area contributed by atoms with Crippen LogP contribution in [0.3, 0.4) is 0 Å². The maximum atomic E-state index is 11.4. The third kappa shape index (κ3) is 8.82. The molecule has 0 aromatic rings. The van der Waals surface area contributed by atoms with Crippen LogP contribution in [0.5, 0.6) is 0 Å². The van der Waals surface area contributed by atoms with Crippen LogP contribution in [0.2, 0.25) is 0 Å². The van der Waals surface area contributed by atoms with Crippen LogP contribution in [0.1, 0.15) is 46.5 Å². The number of likely N-dealkylation sites (tertiary alicyclic amines) is 1. The lowest BCUT2D eigenvalue weighted by molar-refractivity contribution is -0.130. The van der Waals surface area contributed by atoms with E-state index in [4.69, 9.17) is 4.99 Å². The quantitative estimate of drug-likeness (QED) is 0.296. The van der Waals surface area contributed by atoms with Gasteiger partial charge in [0.1, 0.15) is 0 Å². The number of carbonyl (C=O) groups excluding carboxylic acids is 1. The summed E-state index contributed by atoms with van der Waals surface area (Å²) in [4.78, 5) is 23.1. The maximum absolute atomic E-state index is 11.4. The number of carbonyl (C=O) groups is 1.